The lowest BCUT2D eigenvalue weighted by molar-refractivity contribution is 0.199. The van der Waals surface area contributed by atoms with Crippen LogP contribution >= 0.6 is 0 Å². The van der Waals surface area contributed by atoms with Crippen molar-refractivity contribution in [1.82, 2.24) is 10.3 Å². The summed E-state index contributed by atoms with van der Waals surface area (Å²) in [5, 5.41) is 12.0. The van der Waals surface area contributed by atoms with Crippen molar-refractivity contribution in [1.29, 1.82) is 5.26 Å². The molecule has 0 spiro atoms. The average Bonchev–Trinajstić information content (AvgIpc) is 3.20. The Bertz CT molecular complexity index is 751. The van der Waals surface area contributed by atoms with Crippen molar-refractivity contribution in [3.63, 3.8) is 0 Å². The van der Waals surface area contributed by atoms with E-state index in [0.717, 1.165) is 48.6 Å². The van der Waals surface area contributed by atoms with Crippen molar-refractivity contribution in [2.24, 2.45) is 0 Å². The first-order valence-corrected chi connectivity index (χ1v) is 9.75. The van der Waals surface area contributed by atoms with Crippen LogP contribution in [0.1, 0.15) is 49.7 Å². The first-order chi connectivity index (χ1) is 13.3. The zero-order valence-corrected chi connectivity index (χ0v) is 15.7. The number of rotatable bonds is 10. The van der Waals surface area contributed by atoms with Gasteiger partial charge < -0.3 is 14.8 Å². The van der Waals surface area contributed by atoms with Crippen LogP contribution in [0.5, 0.6) is 11.6 Å². The summed E-state index contributed by atoms with van der Waals surface area (Å²) in [4.78, 5) is 4.43. The molecule has 1 N–H and O–H groups in total. The largest absolute Gasteiger partial charge is 0.494 e. The van der Waals surface area contributed by atoms with E-state index in [-0.39, 0.29) is 0 Å². The Kier molecular flexibility index (Phi) is 7.49. The Morgan fingerprint density at radius 2 is 2.04 bits per heavy atom. The molecule has 1 fully saturated rings. The number of unbranched alkanes of at least 4 members (excludes halogenated alkanes) is 1. The van der Waals surface area contributed by atoms with Gasteiger partial charge in [0.15, 0.2) is 0 Å². The van der Waals surface area contributed by atoms with Crippen LogP contribution in [0.15, 0.2) is 42.6 Å². The monoisotopic (exact) mass is 365 g/mol. The van der Waals surface area contributed by atoms with Crippen molar-refractivity contribution in [3.05, 3.63) is 53.7 Å². The van der Waals surface area contributed by atoms with Crippen molar-refractivity contribution in [3.8, 4) is 17.7 Å². The number of benzene rings is 1. The maximum atomic E-state index is 8.57. The molecule has 0 atom stereocenters. The minimum Gasteiger partial charge on any atom is -0.494 e. The number of hydrogen-bond donors (Lipinski definition) is 1. The number of nitrogens with one attached hydrogen (secondary N) is 1. The Morgan fingerprint density at radius 1 is 1.15 bits per heavy atom. The van der Waals surface area contributed by atoms with Crippen LogP contribution in [-0.2, 0) is 13.1 Å². The summed E-state index contributed by atoms with van der Waals surface area (Å²) in [6.07, 6.45) is 8.14. The van der Waals surface area contributed by atoms with Crippen LogP contribution in [-0.4, -0.2) is 17.7 Å². The maximum absolute atomic E-state index is 8.57. The van der Waals surface area contributed by atoms with E-state index >= 15 is 0 Å². The minimum atomic E-state index is 0.313. The highest BCUT2D eigenvalue weighted by molar-refractivity contribution is 5.29. The molecule has 27 heavy (non-hydrogen) atoms. The third-order valence-electron chi connectivity index (χ3n) is 4.68. The molecular weight excluding hydrogens is 338 g/mol. The van der Waals surface area contributed by atoms with Crippen molar-refractivity contribution < 1.29 is 9.47 Å². The van der Waals surface area contributed by atoms with Crippen molar-refractivity contribution >= 4 is 0 Å². The lowest BCUT2D eigenvalue weighted by Gasteiger charge is -2.15. The van der Waals surface area contributed by atoms with Crippen LogP contribution in [0.25, 0.3) is 0 Å². The number of nitriles is 1. The lowest BCUT2D eigenvalue weighted by Crippen LogP contribution is -2.17. The molecular formula is C22H27N3O2. The number of nitrogens with zero attached hydrogens (tertiary/aromatic N) is 2. The zero-order chi connectivity index (χ0) is 18.7. The summed E-state index contributed by atoms with van der Waals surface area (Å²) in [6, 6.07) is 14.2. The van der Waals surface area contributed by atoms with Gasteiger partial charge in [0.25, 0.3) is 0 Å². The molecule has 0 unspecified atom stereocenters. The summed E-state index contributed by atoms with van der Waals surface area (Å²) in [5.41, 5.74) is 2.25. The van der Waals surface area contributed by atoms with Crippen LogP contribution < -0.4 is 14.8 Å². The Hall–Kier alpha value is -2.58. The van der Waals surface area contributed by atoms with E-state index in [9.17, 15) is 0 Å². The van der Waals surface area contributed by atoms with Gasteiger partial charge in [0, 0.05) is 31.3 Å². The van der Waals surface area contributed by atoms with Gasteiger partial charge in [-0.15, -0.1) is 0 Å². The highest BCUT2D eigenvalue weighted by atomic mass is 16.5. The summed E-state index contributed by atoms with van der Waals surface area (Å²) >= 11 is 0. The summed E-state index contributed by atoms with van der Waals surface area (Å²) in [6.45, 7) is 2.03. The molecule has 1 aromatic heterocycles. The second-order valence-corrected chi connectivity index (χ2v) is 6.85. The van der Waals surface area contributed by atoms with E-state index in [1.807, 2.05) is 24.3 Å². The molecule has 142 valence electrons. The SMILES string of the molecule is N#CCCCOc1cccc(CNCc2cccnc2OC2CCCC2)c1. The summed E-state index contributed by atoms with van der Waals surface area (Å²) in [5.74, 6) is 1.60. The van der Waals surface area contributed by atoms with Crippen LogP contribution in [0.2, 0.25) is 0 Å². The topological polar surface area (TPSA) is 67.2 Å². The number of ether oxygens (including phenoxy) is 2. The first-order valence-electron chi connectivity index (χ1n) is 9.75. The number of pyridine rings is 1. The van der Waals surface area contributed by atoms with E-state index in [4.69, 9.17) is 14.7 Å². The average molecular weight is 365 g/mol. The van der Waals surface area contributed by atoms with Crippen molar-refractivity contribution in [2.75, 3.05) is 6.61 Å². The molecule has 1 saturated carbocycles. The Balaban J connectivity index is 1.49. The van der Waals surface area contributed by atoms with Crippen molar-refractivity contribution in [2.45, 2.75) is 57.7 Å². The highest BCUT2D eigenvalue weighted by Crippen LogP contribution is 2.25. The highest BCUT2D eigenvalue weighted by Gasteiger charge is 2.18. The fraction of sp³-hybridized carbons (Fsp3) is 0.455. The maximum Gasteiger partial charge on any atom is 0.218 e. The summed E-state index contributed by atoms with van der Waals surface area (Å²) < 4.78 is 11.8. The molecule has 1 aliphatic carbocycles. The van der Waals surface area contributed by atoms with Gasteiger partial charge in [-0.3, -0.25) is 0 Å². The van der Waals surface area contributed by atoms with Gasteiger partial charge in [-0.25, -0.2) is 4.98 Å². The lowest BCUT2D eigenvalue weighted by atomic mass is 10.2. The molecule has 5 heteroatoms. The molecule has 0 amide bonds. The third kappa shape index (κ3) is 6.26. The van der Waals surface area contributed by atoms with E-state index in [1.54, 1.807) is 6.20 Å². The van der Waals surface area contributed by atoms with E-state index in [2.05, 4.69) is 28.5 Å². The minimum absolute atomic E-state index is 0.313. The van der Waals surface area contributed by atoms with Gasteiger partial charge in [-0.1, -0.05) is 18.2 Å². The zero-order valence-electron chi connectivity index (χ0n) is 15.7. The molecule has 0 bridgehead atoms. The van der Waals surface area contributed by atoms with Gasteiger partial charge in [0.1, 0.15) is 11.9 Å². The molecule has 1 heterocycles. The predicted molar refractivity (Wildman–Crippen MR) is 104 cm³/mol. The van der Waals surface area contributed by atoms with Crippen LogP contribution in [0, 0.1) is 11.3 Å². The first kappa shape index (κ1) is 19.2. The second kappa shape index (κ2) is 10.5. The van der Waals surface area contributed by atoms with E-state index in [1.165, 1.54) is 12.8 Å². The summed E-state index contributed by atoms with van der Waals surface area (Å²) in [7, 11) is 0. The Labute approximate surface area is 161 Å². The quantitative estimate of drug-likeness (QED) is 0.633. The smallest absolute Gasteiger partial charge is 0.218 e. The van der Waals surface area contributed by atoms with Crippen LogP contribution in [0.3, 0.4) is 0 Å². The Morgan fingerprint density at radius 3 is 2.89 bits per heavy atom. The third-order valence-corrected chi connectivity index (χ3v) is 4.68. The van der Waals surface area contributed by atoms with E-state index in [0.29, 0.717) is 25.7 Å². The van der Waals surface area contributed by atoms with Gasteiger partial charge in [-0.05, 0) is 55.9 Å². The normalized spacial score (nSPS) is 14.0. The molecule has 0 saturated heterocycles. The number of aromatic nitrogens is 1. The molecule has 0 radical (unpaired) electrons. The molecule has 1 aliphatic rings. The fourth-order valence-electron chi connectivity index (χ4n) is 3.26. The standard InChI is InChI=1S/C22H27N3O2/c23-12-3-4-14-26-21-11-5-7-18(15-21)16-24-17-19-8-6-13-25-22(19)27-20-9-1-2-10-20/h5-8,11,13,15,20,24H,1-4,9-10,14,16-17H2. The number of hydrogen-bond acceptors (Lipinski definition) is 5. The van der Waals surface area contributed by atoms with Gasteiger partial charge >= 0.3 is 0 Å². The predicted octanol–water partition coefficient (Wildman–Crippen LogP) is 4.38. The van der Waals surface area contributed by atoms with Gasteiger partial charge in [0.05, 0.1) is 12.7 Å². The second-order valence-electron chi connectivity index (χ2n) is 6.85. The van der Waals surface area contributed by atoms with Gasteiger partial charge in [-0.2, -0.15) is 5.26 Å². The molecule has 0 aliphatic heterocycles. The molecule has 3 rings (SSSR count). The molecule has 5 nitrogen and oxygen atoms in total. The van der Waals surface area contributed by atoms with Gasteiger partial charge in [0.2, 0.25) is 5.88 Å². The fourth-order valence-corrected chi connectivity index (χ4v) is 3.26. The molecule has 1 aromatic carbocycles. The van der Waals surface area contributed by atoms with Crippen LogP contribution in [0.4, 0.5) is 0 Å². The van der Waals surface area contributed by atoms with E-state index < -0.39 is 0 Å². The molecule has 2 aromatic rings.